The van der Waals surface area contributed by atoms with E-state index in [0.717, 1.165) is 29.3 Å². The SMILES string of the molecule is Cc1ccc(S(=O)(=O)OCCCCCc2nc3ccccc3cc2C(=O)OC(C)(C)C)cc1. The molecule has 0 radical (unpaired) electrons. The van der Waals surface area contributed by atoms with E-state index in [9.17, 15) is 13.2 Å². The fourth-order valence-corrected chi connectivity index (χ4v) is 4.31. The van der Waals surface area contributed by atoms with Gasteiger partial charge in [0.05, 0.1) is 28.3 Å². The molecule has 0 unspecified atom stereocenters. The van der Waals surface area contributed by atoms with Crippen LogP contribution in [-0.4, -0.2) is 31.6 Å². The summed E-state index contributed by atoms with van der Waals surface area (Å²) in [5.41, 5.74) is 2.38. The van der Waals surface area contributed by atoms with E-state index in [4.69, 9.17) is 13.9 Å². The van der Waals surface area contributed by atoms with Gasteiger partial charge in [-0.3, -0.25) is 9.17 Å². The summed E-state index contributed by atoms with van der Waals surface area (Å²) >= 11 is 0. The van der Waals surface area contributed by atoms with Gasteiger partial charge in [-0.25, -0.2) is 4.79 Å². The molecule has 6 nitrogen and oxygen atoms in total. The van der Waals surface area contributed by atoms with Crippen molar-refractivity contribution in [2.75, 3.05) is 6.61 Å². The van der Waals surface area contributed by atoms with Crippen LogP contribution in [0.1, 0.15) is 61.6 Å². The Hall–Kier alpha value is -2.77. The molecule has 33 heavy (non-hydrogen) atoms. The standard InChI is InChI=1S/C26H31NO5S/c1-19-13-15-21(16-14-19)33(29,30)31-17-9-5-6-12-24-22(25(28)32-26(2,3)4)18-20-10-7-8-11-23(20)27-24/h7-8,10-11,13-16,18H,5-6,9,12,17H2,1-4H3. The largest absolute Gasteiger partial charge is 0.456 e. The summed E-state index contributed by atoms with van der Waals surface area (Å²) in [5.74, 6) is -0.386. The van der Waals surface area contributed by atoms with Crippen LogP contribution in [-0.2, 0) is 25.5 Å². The van der Waals surface area contributed by atoms with Crippen LogP contribution in [0.3, 0.4) is 0 Å². The maximum Gasteiger partial charge on any atom is 0.340 e. The van der Waals surface area contributed by atoms with Gasteiger partial charge in [-0.05, 0) is 71.2 Å². The molecule has 2 aromatic carbocycles. The fourth-order valence-electron chi connectivity index (χ4n) is 3.37. The zero-order valence-corrected chi connectivity index (χ0v) is 20.4. The Balaban J connectivity index is 1.59. The minimum absolute atomic E-state index is 0.111. The lowest BCUT2D eigenvalue weighted by molar-refractivity contribution is 0.00679. The molecule has 0 aliphatic rings. The number of hydrogen-bond acceptors (Lipinski definition) is 6. The van der Waals surface area contributed by atoms with E-state index in [0.29, 0.717) is 24.1 Å². The normalized spacial score (nSPS) is 12.1. The Labute approximate surface area is 196 Å². The van der Waals surface area contributed by atoms with Crippen molar-refractivity contribution < 1.29 is 22.1 Å². The van der Waals surface area contributed by atoms with Crippen LogP contribution >= 0.6 is 0 Å². The third-order valence-corrected chi connectivity index (χ3v) is 6.35. The summed E-state index contributed by atoms with van der Waals surface area (Å²) in [6.07, 6.45) is 2.66. The Morgan fingerprint density at radius 1 is 0.970 bits per heavy atom. The van der Waals surface area contributed by atoms with Crippen molar-refractivity contribution >= 4 is 27.0 Å². The highest BCUT2D eigenvalue weighted by Gasteiger charge is 2.22. The van der Waals surface area contributed by atoms with Crippen molar-refractivity contribution in [3.8, 4) is 0 Å². The Kier molecular flexibility index (Phi) is 7.87. The highest BCUT2D eigenvalue weighted by molar-refractivity contribution is 7.86. The number of benzene rings is 2. The molecule has 0 aliphatic heterocycles. The zero-order chi connectivity index (χ0) is 24.1. The van der Waals surface area contributed by atoms with Crippen LogP contribution in [0.2, 0.25) is 0 Å². The summed E-state index contributed by atoms with van der Waals surface area (Å²) in [6, 6.07) is 16.1. The van der Waals surface area contributed by atoms with Gasteiger partial charge in [0.2, 0.25) is 0 Å². The van der Waals surface area contributed by atoms with Gasteiger partial charge < -0.3 is 4.74 Å². The van der Waals surface area contributed by atoms with E-state index in [1.807, 2.05) is 58.0 Å². The number of rotatable bonds is 9. The van der Waals surface area contributed by atoms with Crippen LogP contribution in [0.4, 0.5) is 0 Å². The number of carbonyl (C=O) groups excluding carboxylic acids is 1. The quantitative estimate of drug-likeness (QED) is 0.230. The predicted molar refractivity (Wildman–Crippen MR) is 129 cm³/mol. The first-order valence-electron chi connectivity index (χ1n) is 11.1. The topological polar surface area (TPSA) is 82.6 Å². The average molecular weight is 470 g/mol. The first-order valence-corrected chi connectivity index (χ1v) is 12.5. The van der Waals surface area contributed by atoms with Crippen LogP contribution in [0.25, 0.3) is 10.9 Å². The van der Waals surface area contributed by atoms with E-state index < -0.39 is 15.7 Å². The number of esters is 1. The molecule has 176 valence electrons. The minimum atomic E-state index is -3.75. The molecule has 1 aromatic heterocycles. The number of hydrogen-bond donors (Lipinski definition) is 0. The molecule has 0 saturated heterocycles. The van der Waals surface area contributed by atoms with Crippen molar-refractivity contribution in [2.45, 2.75) is 63.9 Å². The molecule has 0 atom stereocenters. The van der Waals surface area contributed by atoms with Crippen LogP contribution < -0.4 is 0 Å². The molecule has 0 amide bonds. The van der Waals surface area contributed by atoms with Gasteiger partial charge in [-0.15, -0.1) is 0 Å². The first-order chi connectivity index (χ1) is 15.5. The van der Waals surface area contributed by atoms with E-state index in [2.05, 4.69) is 0 Å². The lowest BCUT2D eigenvalue weighted by Gasteiger charge is -2.20. The second-order valence-electron chi connectivity index (χ2n) is 9.08. The molecule has 0 bridgehead atoms. The summed E-state index contributed by atoms with van der Waals surface area (Å²) < 4.78 is 35.3. The molecular formula is C26H31NO5S. The van der Waals surface area contributed by atoms with Gasteiger partial charge in [-0.2, -0.15) is 8.42 Å². The number of aryl methyl sites for hydroxylation is 2. The maximum absolute atomic E-state index is 12.8. The summed E-state index contributed by atoms with van der Waals surface area (Å²) in [6.45, 7) is 7.52. The number of fused-ring (bicyclic) bond motifs is 1. The van der Waals surface area contributed by atoms with Crippen LogP contribution in [0.5, 0.6) is 0 Å². The number of carbonyl (C=O) groups is 1. The second-order valence-corrected chi connectivity index (χ2v) is 10.7. The molecule has 1 heterocycles. The van der Waals surface area contributed by atoms with Crippen molar-refractivity contribution in [1.29, 1.82) is 0 Å². The zero-order valence-electron chi connectivity index (χ0n) is 19.6. The van der Waals surface area contributed by atoms with Gasteiger partial charge >= 0.3 is 5.97 Å². The molecule has 0 spiro atoms. The van der Waals surface area contributed by atoms with E-state index >= 15 is 0 Å². The molecule has 0 fully saturated rings. The third kappa shape index (κ3) is 7.11. The molecular weight excluding hydrogens is 438 g/mol. The second kappa shape index (κ2) is 10.4. The van der Waals surface area contributed by atoms with E-state index in [-0.39, 0.29) is 17.5 Å². The molecule has 0 N–H and O–H groups in total. The number of nitrogens with zero attached hydrogens (tertiary/aromatic N) is 1. The summed E-state index contributed by atoms with van der Waals surface area (Å²) in [4.78, 5) is 17.6. The van der Waals surface area contributed by atoms with Crippen molar-refractivity contribution in [2.24, 2.45) is 0 Å². The van der Waals surface area contributed by atoms with Gasteiger partial charge in [-0.1, -0.05) is 42.3 Å². The van der Waals surface area contributed by atoms with Crippen molar-refractivity contribution in [3.63, 3.8) is 0 Å². The van der Waals surface area contributed by atoms with Crippen molar-refractivity contribution in [1.82, 2.24) is 4.98 Å². The van der Waals surface area contributed by atoms with Gasteiger partial charge in [0.15, 0.2) is 0 Å². The Bertz CT molecular complexity index is 1210. The first kappa shape index (κ1) is 24.9. The number of unbranched alkanes of at least 4 members (excludes halogenated alkanes) is 2. The lowest BCUT2D eigenvalue weighted by atomic mass is 10.0. The summed E-state index contributed by atoms with van der Waals surface area (Å²) in [5, 5.41) is 0.886. The van der Waals surface area contributed by atoms with E-state index in [1.54, 1.807) is 24.3 Å². The van der Waals surface area contributed by atoms with Crippen LogP contribution in [0, 0.1) is 6.92 Å². The van der Waals surface area contributed by atoms with Gasteiger partial charge in [0.25, 0.3) is 10.1 Å². The molecule has 0 saturated carbocycles. The van der Waals surface area contributed by atoms with Gasteiger partial charge in [0.1, 0.15) is 5.60 Å². The smallest absolute Gasteiger partial charge is 0.340 e. The fraction of sp³-hybridized carbons (Fsp3) is 0.385. The molecule has 3 aromatic rings. The number of para-hydroxylation sites is 1. The molecule has 7 heteroatoms. The maximum atomic E-state index is 12.8. The third-order valence-electron chi connectivity index (χ3n) is 5.03. The molecule has 3 rings (SSSR count). The average Bonchev–Trinajstić information content (AvgIpc) is 2.74. The number of ether oxygens (including phenoxy) is 1. The number of aromatic nitrogens is 1. The van der Waals surface area contributed by atoms with Crippen LogP contribution in [0.15, 0.2) is 59.5 Å². The lowest BCUT2D eigenvalue weighted by Crippen LogP contribution is -2.25. The predicted octanol–water partition coefficient (Wildman–Crippen LogP) is 5.62. The minimum Gasteiger partial charge on any atom is -0.456 e. The monoisotopic (exact) mass is 469 g/mol. The van der Waals surface area contributed by atoms with E-state index in [1.165, 1.54) is 0 Å². The highest BCUT2D eigenvalue weighted by Crippen LogP contribution is 2.22. The van der Waals surface area contributed by atoms with Crippen molar-refractivity contribution in [3.05, 3.63) is 71.4 Å². The van der Waals surface area contributed by atoms with Gasteiger partial charge in [0, 0.05) is 5.39 Å². The number of pyridine rings is 1. The Morgan fingerprint density at radius 3 is 2.36 bits per heavy atom. The highest BCUT2D eigenvalue weighted by atomic mass is 32.2. The summed E-state index contributed by atoms with van der Waals surface area (Å²) in [7, 11) is -3.75. The molecule has 0 aliphatic carbocycles. The Morgan fingerprint density at radius 2 is 1.67 bits per heavy atom.